The lowest BCUT2D eigenvalue weighted by molar-refractivity contribution is 0.0586. The first-order chi connectivity index (χ1) is 28.5. The fourth-order valence-corrected chi connectivity index (χ4v) is 9.73. The number of anilines is 4. The van der Waals surface area contributed by atoms with E-state index in [2.05, 4.69) is 122 Å². The molecule has 4 amide bonds. The summed E-state index contributed by atoms with van der Waals surface area (Å²) in [4.78, 5) is 62.6. The van der Waals surface area contributed by atoms with Crippen LogP contribution in [0, 0.1) is 0 Å². The van der Waals surface area contributed by atoms with Gasteiger partial charge in [-0.25, -0.2) is 0 Å². The van der Waals surface area contributed by atoms with Crippen molar-refractivity contribution in [3.63, 3.8) is 0 Å². The topological polar surface area (TPSA) is 98.8 Å². The van der Waals surface area contributed by atoms with Gasteiger partial charge in [-0.2, -0.15) is 0 Å². The summed E-state index contributed by atoms with van der Waals surface area (Å²) in [5.41, 5.74) is 5.17. The van der Waals surface area contributed by atoms with Crippen LogP contribution in [-0.2, 0) is 10.8 Å². The van der Waals surface area contributed by atoms with Crippen molar-refractivity contribution in [2.45, 2.75) is 143 Å². The monoisotopic (exact) mass is 940 g/mol. The number of imide groups is 2. The summed E-state index contributed by atoms with van der Waals surface area (Å²) >= 11 is 7.70. The maximum Gasteiger partial charge on any atom is 0.263 e. The molecule has 2 aliphatic rings. The zero-order chi connectivity index (χ0) is 43.5. The largest absolute Gasteiger partial charge is 0.354 e. The first kappa shape index (κ1) is 45.5. The number of nitrogens with zero attached hydrogens (tertiary/aromatic N) is 2. The van der Waals surface area contributed by atoms with Gasteiger partial charge in [0.25, 0.3) is 23.6 Å². The van der Waals surface area contributed by atoms with Crippen LogP contribution in [0.4, 0.5) is 22.7 Å². The molecule has 6 rings (SSSR count). The Morgan fingerprint density at radius 3 is 1.18 bits per heavy atom. The molecule has 4 aromatic rings. The van der Waals surface area contributed by atoms with Gasteiger partial charge in [0.05, 0.1) is 42.6 Å². The predicted molar refractivity (Wildman–Crippen MR) is 254 cm³/mol. The zero-order valence-electron chi connectivity index (χ0n) is 36.8. The van der Waals surface area contributed by atoms with E-state index in [9.17, 15) is 9.59 Å². The van der Waals surface area contributed by atoms with E-state index in [0.717, 1.165) is 86.7 Å². The van der Waals surface area contributed by atoms with Crippen LogP contribution in [0.1, 0.15) is 185 Å². The normalized spacial score (nSPS) is 14.2. The van der Waals surface area contributed by atoms with Crippen molar-refractivity contribution >= 4 is 89.0 Å². The molecule has 0 saturated carbocycles. The Kier molecular flexibility index (Phi) is 14.4. The first-order valence-corrected chi connectivity index (χ1v) is 23.6. The summed E-state index contributed by atoms with van der Waals surface area (Å²) in [6.45, 7) is 17.7. The molecule has 0 fully saturated rings. The van der Waals surface area contributed by atoms with Crippen molar-refractivity contribution in [1.29, 1.82) is 0 Å². The van der Waals surface area contributed by atoms with Gasteiger partial charge in [0.15, 0.2) is 0 Å². The van der Waals surface area contributed by atoms with Crippen LogP contribution < -0.4 is 10.6 Å². The minimum absolute atomic E-state index is 0.151. The summed E-state index contributed by atoms with van der Waals surface area (Å²) in [6.07, 6.45) is 11.9. The van der Waals surface area contributed by atoms with Crippen molar-refractivity contribution in [3.8, 4) is 0 Å². The van der Waals surface area contributed by atoms with Crippen molar-refractivity contribution in [1.82, 2.24) is 9.80 Å². The molecule has 320 valence electrons. The van der Waals surface area contributed by atoms with Crippen molar-refractivity contribution in [2.24, 2.45) is 0 Å². The SMILES string of the molecule is CCCCCCCCN1C(=O)c2c(Br)c(Nc3cccc(C(C)(C)C)c3)c3c4c(c(Nc5cccc(C(C)(C)C)c5)c(Br)c(c24)C1=O)C(=O)N(CCCCCCCC)C3=O. The third kappa shape index (κ3) is 9.25. The molecule has 2 N–H and O–H groups in total. The van der Waals surface area contributed by atoms with Gasteiger partial charge >= 0.3 is 0 Å². The molecule has 2 aliphatic heterocycles. The van der Waals surface area contributed by atoms with Crippen LogP contribution >= 0.6 is 31.9 Å². The minimum atomic E-state index is -0.453. The lowest BCUT2D eigenvalue weighted by Crippen LogP contribution is -2.45. The van der Waals surface area contributed by atoms with E-state index >= 15 is 9.59 Å². The molecule has 0 radical (unpaired) electrons. The Hall–Kier alpha value is -4.02. The maximum atomic E-state index is 15.1. The van der Waals surface area contributed by atoms with Crippen LogP contribution in [-0.4, -0.2) is 46.5 Å². The van der Waals surface area contributed by atoms with Crippen LogP contribution in [0.5, 0.6) is 0 Å². The highest BCUT2D eigenvalue weighted by molar-refractivity contribution is 9.11. The number of benzene rings is 4. The summed E-state index contributed by atoms with van der Waals surface area (Å²) in [5, 5.41) is 7.76. The molecule has 8 nitrogen and oxygen atoms in total. The summed E-state index contributed by atoms with van der Waals surface area (Å²) < 4.78 is 0.771. The Morgan fingerprint density at radius 1 is 0.483 bits per heavy atom. The highest BCUT2D eigenvalue weighted by Gasteiger charge is 2.46. The van der Waals surface area contributed by atoms with E-state index in [1.54, 1.807) is 0 Å². The molecule has 0 bridgehead atoms. The smallest absolute Gasteiger partial charge is 0.263 e. The molecule has 4 aromatic carbocycles. The highest BCUT2D eigenvalue weighted by atomic mass is 79.9. The van der Waals surface area contributed by atoms with Gasteiger partial charge in [0.2, 0.25) is 0 Å². The number of halogens is 2. The van der Waals surface area contributed by atoms with Crippen LogP contribution in [0.2, 0.25) is 0 Å². The lowest BCUT2D eigenvalue weighted by atomic mass is 9.83. The molecule has 0 aromatic heterocycles. The fourth-order valence-electron chi connectivity index (χ4n) is 8.40. The molecule has 0 unspecified atom stereocenters. The van der Waals surface area contributed by atoms with E-state index in [1.807, 2.05) is 24.3 Å². The molecular formula is C50H62Br2N4O4. The number of carbonyl (C=O) groups excluding carboxylic acids is 4. The van der Waals surface area contributed by atoms with Gasteiger partial charge in [0, 0.05) is 35.2 Å². The zero-order valence-corrected chi connectivity index (χ0v) is 40.0. The third-order valence-electron chi connectivity index (χ3n) is 11.9. The van der Waals surface area contributed by atoms with Crippen LogP contribution in [0.15, 0.2) is 57.5 Å². The summed E-state index contributed by atoms with van der Waals surface area (Å²) in [7, 11) is 0. The molecular weight excluding hydrogens is 880 g/mol. The second-order valence-corrected chi connectivity index (χ2v) is 20.2. The Labute approximate surface area is 373 Å². The Bertz CT molecular complexity index is 2160. The average molecular weight is 943 g/mol. The fraction of sp³-hybridized carbons (Fsp3) is 0.480. The average Bonchev–Trinajstić information content (AvgIpc) is 3.19. The second kappa shape index (κ2) is 18.9. The molecule has 0 saturated heterocycles. The number of hydrogen-bond donors (Lipinski definition) is 2. The number of amides is 4. The van der Waals surface area contributed by atoms with Crippen molar-refractivity contribution < 1.29 is 19.2 Å². The van der Waals surface area contributed by atoms with Gasteiger partial charge in [-0.1, -0.05) is 144 Å². The second-order valence-electron chi connectivity index (χ2n) is 18.6. The van der Waals surface area contributed by atoms with E-state index in [4.69, 9.17) is 0 Å². The molecule has 0 atom stereocenters. The van der Waals surface area contributed by atoms with Gasteiger partial charge in [0.1, 0.15) is 0 Å². The number of carbonyl (C=O) groups is 4. The summed E-state index contributed by atoms with van der Waals surface area (Å²) in [5.74, 6) is -1.80. The van der Waals surface area contributed by atoms with E-state index in [1.165, 1.54) is 9.80 Å². The molecule has 0 aliphatic carbocycles. The lowest BCUT2D eigenvalue weighted by Gasteiger charge is -2.36. The maximum absolute atomic E-state index is 15.1. The van der Waals surface area contributed by atoms with Gasteiger partial charge < -0.3 is 10.6 Å². The van der Waals surface area contributed by atoms with Crippen LogP contribution in [0.25, 0.3) is 10.8 Å². The molecule has 0 spiro atoms. The van der Waals surface area contributed by atoms with Crippen LogP contribution in [0.3, 0.4) is 0 Å². The predicted octanol–water partition coefficient (Wildman–Crippen LogP) is 14.4. The van der Waals surface area contributed by atoms with E-state index in [0.29, 0.717) is 43.9 Å². The number of unbranched alkanes of at least 4 members (excludes halogenated alkanes) is 10. The number of rotatable bonds is 18. The van der Waals surface area contributed by atoms with E-state index < -0.39 is 23.6 Å². The molecule has 60 heavy (non-hydrogen) atoms. The first-order valence-electron chi connectivity index (χ1n) is 22.0. The summed E-state index contributed by atoms with van der Waals surface area (Å²) in [6, 6.07) is 16.1. The number of hydrogen-bond acceptors (Lipinski definition) is 6. The Balaban J connectivity index is 1.61. The van der Waals surface area contributed by atoms with Gasteiger partial charge in [-0.15, -0.1) is 0 Å². The standard InChI is InChI=1S/C50H62Br2N4O4/c1-9-11-13-15-17-19-27-55-45(57)37-35-36-39(43(41(37)51)53-33-25-21-23-31(29-33)49(3,4)5)47(59)56(28-20-18-16-14-12-10-2)48(60)40(36)44(42(52)38(35)46(55)58)54-34-26-22-24-32(30-34)50(6,7)8/h21-26,29-30,53-54H,9-20,27-28H2,1-8H3. The van der Waals surface area contributed by atoms with E-state index in [-0.39, 0.29) is 46.2 Å². The van der Waals surface area contributed by atoms with Gasteiger partial charge in [-0.3, -0.25) is 29.0 Å². The number of nitrogens with one attached hydrogen (secondary N) is 2. The van der Waals surface area contributed by atoms with Crippen molar-refractivity contribution in [3.05, 3.63) is 90.9 Å². The highest BCUT2D eigenvalue weighted by Crippen LogP contribution is 2.52. The molecule has 2 heterocycles. The quantitative estimate of drug-likeness (QED) is 0.0762. The Morgan fingerprint density at radius 2 is 0.817 bits per heavy atom. The minimum Gasteiger partial charge on any atom is -0.354 e. The third-order valence-corrected chi connectivity index (χ3v) is 13.5. The van der Waals surface area contributed by atoms with Crippen molar-refractivity contribution in [2.75, 3.05) is 23.7 Å². The van der Waals surface area contributed by atoms with Gasteiger partial charge in [-0.05, 0) is 90.9 Å². The molecule has 10 heteroatoms.